The number of hydrogen-bond acceptors (Lipinski definition) is 1. The minimum Gasteiger partial charge on any atom is -0.335 e. The minimum atomic E-state index is 0.105. The highest BCUT2D eigenvalue weighted by Gasteiger charge is 2.36. The topological polar surface area (TPSA) is 20.3 Å². The van der Waals surface area contributed by atoms with Crippen LogP contribution in [0.5, 0.6) is 0 Å². The second-order valence-electron chi connectivity index (χ2n) is 5.88. The molecule has 1 aliphatic carbocycles. The van der Waals surface area contributed by atoms with Gasteiger partial charge in [-0.05, 0) is 49.8 Å². The molecule has 3 rings (SSSR count). The molecular formula is C16H19BrClNO. The molecule has 4 heteroatoms. The highest BCUT2D eigenvalue weighted by molar-refractivity contribution is 9.10. The molecule has 1 aromatic rings. The van der Waals surface area contributed by atoms with Crippen molar-refractivity contribution in [2.24, 2.45) is 5.92 Å². The monoisotopic (exact) mass is 355 g/mol. The third kappa shape index (κ3) is 2.75. The Kier molecular flexibility index (Phi) is 4.37. The lowest BCUT2D eigenvalue weighted by atomic mass is 9.78. The Morgan fingerprint density at radius 1 is 1.20 bits per heavy atom. The number of hydrogen-bond donors (Lipinski definition) is 0. The fourth-order valence-electron chi connectivity index (χ4n) is 3.69. The predicted octanol–water partition coefficient (Wildman–Crippen LogP) is 4.90. The molecule has 0 spiro atoms. The molecular weight excluding hydrogens is 338 g/mol. The molecule has 0 aromatic heterocycles. The van der Waals surface area contributed by atoms with Crippen LogP contribution in [-0.4, -0.2) is 23.4 Å². The molecule has 0 N–H and O–H groups in total. The lowest BCUT2D eigenvalue weighted by molar-refractivity contribution is 0.0391. The summed E-state index contributed by atoms with van der Waals surface area (Å²) in [6, 6.07) is 5.94. The molecule has 2 aliphatic rings. The Labute approximate surface area is 133 Å². The van der Waals surface area contributed by atoms with E-state index in [1.165, 1.54) is 25.7 Å². The van der Waals surface area contributed by atoms with Gasteiger partial charge in [0.2, 0.25) is 0 Å². The van der Waals surface area contributed by atoms with E-state index in [0.717, 1.165) is 23.9 Å². The molecule has 2 nitrogen and oxygen atoms in total. The summed E-state index contributed by atoms with van der Waals surface area (Å²) in [6.07, 6.45) is 7.40. The molecule has 1 saturated heterocycles. The van der Waals surface area contributed by atoms with Gasteiger partial charge in [-0.25, -0.2) is 0 Å². The van der Waals surface area contributed by atoms with E-state index in [-0.39, 0.29) is 5.91 Å². The normalized spacial score (nSPS) is 26.2. The van der Waals surface area contributed by atoms with E-state index in [4.69, 9.17) is 11.6 Å². The average molecular weight is 357 g/mol. The van der Waals surface area contributed by atoms with Crippen molar-refractivity contribution in [3.8, 4) is 0 Å². The van der Waals surface area contributed by atoms with Gasteiger partial charge in [0.25, 0.3) is 5.91 Å². The smallest absolute Gasteiger partial charge is 0.255 e. The first kappa shape index (κ1) is 14.4. The van der Waals surface area contributed by atoms with E-state index in [1.54, 1.807) is 6.07 Å². The highest BCUT2D eigenvalue weighted by atomic mass is 79.9. The Balaban J connectivity index is 1.87. The van der Waals surface area contributed by atoms with Gasteiger partial charge in [-0.15, -0.1) is 0 Å². The molecule has 108 valence electrons. The molecule has 0 bridgehead atoms. The zero-order chi connectivity index (χ0) is 14.1. The fraction of sp³-hybridized carbons (Fsp3) is 0.562. The third-order valence-corrected chi connectivity index (χ3v) is 5.49. The van der Waals surface area contributed by atoms with Crippen LogP contribution in [0.25, 0.3) is 0 Å². The number of fused-ring (bicyclic) bond motifs is 1. The van der Waals surface area contributed by atoms with E-state index >= 15 is 0 Å². The van der Waals surface area contributed by atoms with Crippen molar-refractivity contribution in [1.29, 1.82) is 0 Å². The number of halogens is 2. The number of carbonyl (C=O) groups is 1. The Morgan fingerprint density at radius 3 is 2.80 bits per heavy atom. The largest absolute Gasteiger partial charge is 0.335 e. The molecule has 2 atom stereocenters. The first-order chi connectivity index (χ1) is 9.66. The molecule has 1 saturated carbocycles. The summed E-state index contributed by atoms with van der Waals surface area (Å²) in [5.41, 5.74) is 0.632. The number of carbonyl (C=O) groups excluding carboxylic acids is 1. The van der Waals surface area contributed by atoms with Gasteiger partial charge in [-0.1, -0.05) is 40.4 Å². The Bertz CT molecular complexity index is 517. The van der Waals surface area contributed by atoms with Gasteiger partial charge in [0, 0.05) is 17.1 Å². The summed E-state index contributed by atoms with van der Waals surface area (Å²) in [6.45, 7) is 0.878. The first-order valence-electron chi connectivity index (χ1n) is 7.43. The van der Waals surface area contributed by atoms with E-state index in [9.17, 15) is 4.79 Å². The van der Waals surface area contributed by atoms with Crippen LogP contribution >= 0.6 is 27.5 Å². The standard InChI is InChI=1S/C16H19BrClNO/c17-12-7-8-14(18)13(10-12)16(20)19-9-3-5-11-4-1-2-6-15(11)19/h7-8,10-11,15H,1-6,9H2/t11-,15-/m1/s1. The van der Waals surface area contributed by atoms with E-state index in [1.807, 2.05) is 12.1 Å². The van der Waals surface area contributed by atoms with Crippen LogP contribution < -0.4 is 0 Å². The minimum absolute atomic E-state index is 0.105. The number of nitrogens with zero attached hydrogens (tertiary/aromatic N) is 1. The maximum atomic E-state index is 12.8. The average Bonchev–Trinajstić information content (AvgIpc) is 2.48. The van der Waals surface area contributed by atoms with Gasteiger partial charge in [0.05, 0.1) is 10.6 Å². The van der Waals surface area contributed by atoms with E-state index in [2.05, 4.69) is 20.8 Å². The lowest BCUT2D eigenvalue weighted by Crippen LogP contribution is -2.49. The number of likely N-dealkylation sites (tertiary alicyclic amines) is 1. The second-order valence-corrected chi connectivity index (χ2v) is 7.20. The zero-order valence-electron chi connectivity index (χ0n) is 11.4. The quantitative estimate of drug-likeness (QED) is 0.701. The number of rotatable bonds is 1. The van der Waals surface area contributed by atoms with Crippen molar-refractivity contribution in [3.63, 3.8) is 0 Å². The van der Waals surface area contributed by atoms with Gasteiger partial charge in [0.1, 0.15) is 0 Å². The van der Waals surface area contributed by atoms with Crippen LogP contribution in [-0.2, 0) is 0 Å². The predicted molar refractivity (Wildman–Crippen MR) is 85.2 cm³/mol. The fourth-order valence-corrected chi connectivity index (χ4v) is 4.25. The van der Waals surface area contributed by atoms with Crippen molar-refractivity contribution in [3.05, 3.63) is 33.3 Å². The maximum Gasteiger partial charge on any atom is 0.255 e. The summed E-state index contributed by atoms with van der Waals surface area (Å²) in [5.74, 6) is 0.806. The Morgan fingerprint density at radius 2 is 1.95 bits per heavy atom. The van der Waals surface area contributed by atoms with Gasteiger partial charge in [0.15, 0.2) is 0 Å². The molecule has 20 heavy (non-hydrogen) atoms. The van der Waals surface area contributed by atoms with Crippen LogP contribution in [0, 0.1) is 5.92 Å². The second kappa shape index (κ2) is 6.07. The summed E-state index contributed by atoms with van der Waals surface area (Å²) >= 11 is 9.65. The van der Waals surface area contributed by atoms with Crippen LogP contribution in [0.2, 0.25) is 5.02 Å². The third-order valence-electron chi connectivity index (χ3n) is 4.66. The summed E-state index contributed by atoms with van der Waals surface area (Å²) < 4.78 is 0.905. The van der Waals surface area contributed by atoms with Gasteiger partial charge in [-0.2, -0.15) is 0 Å². The molecule has 0 radical (unpaired) electrons. The SMILES string of the molecule is O=C(c1cc(Br)ccc1Cl)N1CCC[C@H]2CCCC[C@H]21. The number of piperidine rings is 1. The van der Waals surface area contributed by atoms with Crippen molar-refractivity contribution in [2.75, 3.05) is 6.54 Å². The summed E-state index contributed by atoms with van der Waals surface area (Å²) in [7, 11) is 0. The lowest BCUT2D eigenvalue weighted by Gasteiger charge is -2.44. The molecule has 2 fully saturated rings. The van der Waals surface area contributed by atoms with Crippen LogP contribution in [0.15, 0.2) is 22.7 Å². The van der Waals surface area contributed by atoms with E-state index in [0.29, 0.717) is 22.5 Å². The molecule has 0 unspecified atom stereocenters. The maximum absolute atomic E-state index is 12.8. The molecule has 1 amide bonds. The zero-order valence-corrected chi connectivity index (χ0v) is 13.8. The van der Waals surface area contributed by atoms with Crippen molar-refractivity contribution < 1.29 is 4.79 Å². The molecule has 1 heterocycles. The number of benzene rings is 1. The molecule has 1 aromatic carbocycles. The summed E-state index contributed by atoms with van der Waals surface area (Å²) in [5, 5.41) is 0.552. The molecule has 1 aliphatic heterocycles. The van der Waals surface area contributed by atoms with Gasteiger partial charge < -0.3 is 4.90 Å². The van der Waals surface area contributed by atoms with Crippen molar-refractivity contribution in [1.82, 2.24) is 4.90 Å². The van der Waals surface area contributed by atoms with Gasteiger partial charge >= 0.3 is 0 Å². The highest BCUT2D eigenvalue weighted by Crippen LogP contribution is 2.36. The van der Waals surface area contributed by atoms with Crippen LogP contribution in [0.4, 0.5) is 0 Å². The van der Waals surface area contributed by atoms with Crippen LogP contribution in [0.1, 0.15) is 48.9 Å². The van der Waals surface area contributed by atoms with Crippen molar-refractivity contribution >= 4 is 33.4 Å². The van der Waals surface area contributed by atoms with Crippen molar-refractivity contribution in [2.45, 2.75) is 44.6 Å². The van der Waals surface area contributed by atoms with Crippen LogP contribution in [0.3, 0.4) is 0 Å². The van der Waals surface area contributed by atoms with Gasteiger partial charge in [-0.3, -0.25) is 4.79 Å². The summed E-state index contributed by atoms with van der Waals surface area (Å²) in [4.78, 5) is 14.9. The Hall–Kier alpha value is -0.540. The van der Waals surface area contributed by atoms with E-state index < -0.39 is 0 Å². The first-order valence-corrected chi connectivity index (χ1v) is 8.60. The number of amides is 1.